The Labute approximate surface area is 214 Å². The lowest BCUT2D eigenvalue weighted by molar-refractivity contribution is 0.413. The number of pyridine rings is 4. The van der Waals surface area contributed by atoms with Gasteiger partial charge in [-0.15, -0.1) is 0 Å². The number of hydrogen-bond acceptors (Lipinski definition) is 6. The largest absolute Gasteiger partial charge is 0.495 e. The third-order valence-electron chi connectivity index (χ3n) is 6.46. The van der Waals surface area contributed by atoms with E-state index in [2.05, 4.69) is 46.4 Å². The predicted molar refractivity (Wildman–Crippen MR) is 146 cm³/mol. The van der Waals surface area contributed by atoms with Gasteiger partial charge in [-0.2, -0.15) is 0 Å². The maximum absolute atomic E-state index is 5.40. The van der Waals surface area contributed by atoms with Gasteiger partial charge in [0.05, 0.1) is 49.4 Å². The van der Waals surface area contributed by atoms with E-state index in [-0.39, 0.29) is 0 Å². The molecule has 0 bridgehead atoms. The molecule has 0 saturated carbocycles. The van der Waals surface area contributed by atoms with Crippen LogP contribution in [0.25, 0.3) is 44.1 Å². The van der Waals surface area contributed by atoms with Crippen molar-refractivity contribution in [1.82, 2.24) is 19.9 Å². The Kier molecular flexibility index (Phi) is 5.91. The van der Waals surface area contributed by atoms with E-state index in [1.165, 1.54) is 0 Å². The first-order valence-corrected chi connectivity index (χ1v) is 12.0. The maximum Gasteiger partial charge on any atom is 0.137 e. The van der Waals surface area contributed by atoms with E-state index in [1.807, 2.05) is 48.8 Å². The molecule has 0 spiro atoms. The van der Waals surface area contributed by atoms with Gasteiger partial charge in [0, 0.05) is 40.7 Å². The molecule has 0 aliphatic heterocycles. The smallest absolute Gasteiger partial charge is 0.137 e. The molecule has 6 aromatic rings. The molecular formula is C31H24N4O2. The summed E-state index contributed by atoms with van der Waals surface area (Å²) in [5, 5.41) is 4.42. The van der Waals surface area contributed by atoms with Gasteiger partial charge in [0.25, 0.3) is 0 Å². The molecule has 6 heteroatoms. The molecule has 2 aromatic carbocycles. The van der Waals surface area contributed by atoms with Crippen LogP contribution in [0.5, 0.6) is 11.5 Å². The maximum atomic E-state index is 5.40. The fourth-order valence-electron chi connectivity index (χ4n) is 4.61. The van der Waals surface area contributed by atoms with Crippen LogP contribution in [0.1, 0.15) is 11.4 Å². The molecule has 0 unspecified atom stereocenters. The van der Waals surface area contributed by atoms with E-state index in [4.69, 9.17) is 19.4 Å². The summed E-state index contributed by atoms with van der Waals surface area (Å²) in [6, 6.07) is 24.7. The first kappa shape index (κ1) is 22.6. The van der Waals surface area contributed by atoms with Crippen LogP contribution in [0.3, 0.4) is 0 Å². The molecule has 0 N–H and O–H groups in total. The van der Waals surface area contributed by atoms with Crippen molar-refractivity contribution in [3.63, 3.8) is 0 Å². The summed E-state index contributed by atoms with van der Waals surface area (Å²) in [4.78, 5) is 18.9. The molecule has 0 radical (unpaired) electrons. The van der Waals surface area contributed by atoms with Crippen LogP contribution in [0, 0.1) is 0 Å². The average Bonchev–Trinajstić information content (AvgIpc) is 2.97. The predicted octanol–water partition coefficient (Wildman–Crippen LogP) is 6.52. The van der Waals surface area contributed by atoms with E-state index >= 15 is 0 Å². The van der Waals surface area contributed by atoms with Crippen LogP contribution in [-0.2, 0) is 6.42 Å². The third kappa shape index (κ3) is 4.45. The number of methoxy groups -OCH3 is 2. The summed E-state index contributed by atoms with van der Waals surface area (Å²) in [6.45, 7) is 0. The Morgan fingerprint density at radius 3 is 1.49 bits per heavy atom. The van der Waals surface area contributed by atoms with Gasteiger partial charge in [0.15, 0.2) is 0 Å². The number of aromatic nitrogens is 4. The fraction of sp³-hybridized carbons (Fsp3) is 0.0968. The van der Waals surface area contributed by atoms with Crippen molar-refractivity contribution >= 4 is 21.5 Å². The fourth-order valence-corrected chi connectivity index (χ4v) is 4.61. The number of benzene rings is 2. The lowest BCUT2D eigenvalue weighted by Crippen LogP contribution is -2.01. The first-order chi connectivity index (χ1) is 18.2. The molecule has 4 aromatic heterocycles. The third-order valence-corrected chi connectivity index (χ3v) is 6.46. The summed E-state index contributed by atoms with van der Waals surface area (Å²) in [5.74, 6) is 1.39. The average molecular weight is 485 g/mol. The van der Waals surface area contributed by atoms with Gasteiger partial charge in [-0.25, -0.2) is 0 Å². The number of ether oxygens (including phenoxy) is 2. The van der Waals surface area contributed by atoms with Crippen LogP contribution in [0.15, 0.2) is 97.6 Å². The van der Waals surface area contributed by atoms with Crippen LogP contribution < -0.4 is 9.47 Å². The number of hydrogen-bond donors (Lipinski definition) is 0. The lowest BCUT2D eigenvalue weighted by Gasteiger charge is -2.13. The second-order valence-corrected chi connectivity index (χ2v) is 8.75. The van der Waals surface area contributed by atoms with E-state index in [0.29, 0.717) is 17.9 Å². The van der Waals surface area contributed by atoms with Crippen LogP contribution in [-0.4, -0.2) is 34.2 Å². The molecule has 37 heavy (non-hydrogen) atoms. The standard InChI is InChI=1S/C31H24N4O2/c1-36-24-11-22(16-32-18-24)28-13-20-7-3-5-9-26(20)30(34-28)15-31-27-10-6-4-8-21(27)14-29(35-31)23-12-25(37-2)19-33-17-23/h3-14,16-19H,15H2,1-2H3. The van der Waals surface area contributed by atoms with E-state index < -0.39 is 0 Å². The Hall–Kier alpha value is -4.84. The molecule has 0 aliphatic rings. The monoisotopic (exact) mass is 484 g/mol. The van der Waals surface area contributed by atoms with E-state index in [9.17, 15) is 0 Å². The molecule has 0 aliphatic carbocycles. The van der Waals surface area contributed by atoms with Gasteiger partial charge in [0.1, 0.15) is 11.5 Å². The first-order valence-electron chi connectivity index (χ1n) is 12.0. The molecule has 6 nitrogen and oxygen atoms in total. The molecule has 0 saturated heterocycles. The molecule has 180 valence electrons. The van der Waals surface area contributed by atoms with Crippen molar-refractivity contribution in [2.24, 2.45) is 0 Å². The van der Waals surface area contributed by atoms with E-state index in [1.54, 1.807) is 26.6 Å². The molecule has 4 heterocycles. The Balaban J connectivity index is 1.52. The molecular weight excluding hydrogens is 460 g/mol. The van der Waals surface area contributed by atoms with Crippen molar-refractivity contribution in [2.75, 3.05) is 14.2 Å². The number of rotatable bonds is 6. The summed E-state index contributed by atoms with van der Waals surface area (Å²) in [5.41, 5.74) is 5.40. The quantitative estimate of drug-likeness (QED) is 0.268. The summed E-state index contributed by atoms with van der Waals surface area (Å²) < 4.78 is 10.8. The van der Waals surface area contributed by atoms with Crippen molar-refractivity contribution in [3.8, 4) is 34.0 Å². The Morgan fingerprint density at radius 2 is 1.03 bits per heavy atom. The zero-order valence-electron chi connectivity index (χ0n) is 20.6. The van der Waals surface area contributed by atoms with Gasteiger partial charge in [-0.1, -0.05) is 48.5 Å². The van der Waals surface area contributed by atoms with Gasteiger partial charge in [-0.05, 0) is 35.0 Å². The molecule has 0 atom stereocenters. The number of nitrogens with zero attached hydrogens (tertiary/aromatic N) is 4. The minimum atomic E-state index is 0.567. The van der Waals surface area contributed by atoms with Gasteiger partial charge in [-0.3, -0.25) is 19.9 Å². The number of fused-ring (bicyclic) bond motifs is 2. The van der Waals surface area contributed by atoms with Crippen molar-refractivity contribution in [1.29, 1.82) is 0 Å². The van der Waals surface area contributed by atoms with Crippen LogP contribution >= 0.6 is 0 Å². The summed E-state index contributed by atoms with van der Waals surface area (Å²) in [6.07, 6.45) is 7.58. The molecule has 0 amide bonds. The van der Waals surface area contributed by atoms with Crippen molar-refractivity contribution < 1.29 is 9.47 Å². The Bertz CT molecular complexity index is 1620. The van der Waals surface area contributed by atoms with Gasteiger partial charge < -0.3 is 9.47 Å². The molecule has 6 rings (SSSR count). The van der Waals surface area contributed by atoms with Gasteiger partial charge in [0.2, 0.25) is 0 Å². The Morgan fingerprint density at radius 1 is 0.568 bits per heavy atom. The van der Waals surface area contributed by atoms with Crippen molar-refractivity contribution in [2.45, 2.75) is 6.42 Å². The second kappa shape index (κ2) is 9.66. The van der Waals surface area contributed by atoms with Gasteiger partial charge >= 0.3 is 0 Å². The van der Waals surface area contributed by atoms with Crippen LogP contribution in [0.2, 0.25) is 0 Å². The SMILES string of the molecule is COc1cncc(-c2cc3ccccc3c(Cc3nc(-c4cncc(OC)c4)cc4ccccc34)n2)c1. The minimum absolute atomic E-state index is 0.567. The zero-order chi connectivity index (χ0) is 25.2. The lowest BCUT2D eigenvalue weighted by atomic mass is 9.99. The minimum Gasteiger partial charge on any atom is -0.495 e. The summed E-state index contributed by atoms with van der Waals surface area (Å²) in [7, 11) is 3.28. The molecule has 0 fully saturated rings. The zero-order valence-corrected chi connectivity index (χ0v) is 20.6. The summed E-state index contributed by atoms with van der Waals surface area (Å²) >= 11 is 0. The topological polar surface area (TPSA) is 70.0 Å². The second-order valence-electron chi connectivity index (χ2n) is 8.75. The van der Waals surface area contributed by atoms with E-state index in [0.717, 1.165) is 55.4 Å². The van der Waals surface area contributed by atoms with Crippen molar-refractivity contribution in [3.05, 3.63) is 109 Å². The highest BCUT2D eigenvalue weighted by Gasteiger charge is 2.14. The normalized spacial score (nSPS) is 11.1. The van der Waals surface area contributed by atoms with Crippen LogP contribution in [0.4, 0.5) is 0 Å². The highest BCUT2D eigenvalue weighted by atomic mass is 16.5. The highest BCUT2D eigenvalue weighted by molar-refractivity contribution is 5.91. The highest BCUT2D eigenvalue weighted by Crippen LogP contribution is 2.31.